The van der Waals surface area contributed by atoms with Crippen molar-refractivity contribution in [2.24, 2.45) is 9.98 Å². The van der Waals surface area contributed by atoms with Crippen LogP contribution in [0.4, 0.5) is 0 Å². The number of hydrogen-bond acceptors (Lipinski definition) is 4. The molecule has 0 aromatic heterocycles. The van der Waals surface area contributed by atoms with E-state index in [1.165, 1.54) is 13.3 Å². The molecule has 5 heteroatoms. The largest absolute Gasteiger partial charge is 0.464 e. The molecule has 0 saturated heterocycles. The summed E-state index contributed by atoms with van der Waals surface area (Å²) in [7, 11) is 1.25. The quantitative estimate of drug-likeness (QED) is 0.382. The molecule has 0 radical (unpaired) electrons. The molecule has 0 atom stereocenters. The summed E-state index contributed by atoms with van der Waals surface area (Å²) in [5, 5.41) is 0.306. The van der Waals surface area contributed by atoms with Crippen LogP contribution in [0.15, 0.2) is 21.9 Å². The minimum absolute atomic E-state index is 0.0255. The normalized spacial score (nSPS) is 12.6. The van der Waals surface area contributed by atoms with Gasteiger partial charge in [0.05, 0.1) is 13.3 Å². The maximum atomic E-state index is 10.8. The van der Waals surface area contributed by atoms with Crippen LogP contribution >= 0.6 is 11.6 Å². The van der Waals surface area contributed by atoms with Crippen LogP contribution in [0.1, 0.15) is 6.92 Å². The highest BCUT2D eigenvalue weighted by Crippen LogP contribution is 1.99. The molecule has 0 rings (SSSR count). The number of methoxy groups -OCH3 is 1. The monoisotopic (exact) mass is 188 g/mol. The maximum absolute atomic E-state index is 10.8. The lowest BCUT2D eigenvalue weighted by molar-refractivity contribution is -0.136. The SMILES string of the molecule is C=N/C(=C\N=C(/C)Cl)C(=O)OC. The molecule has 0 amide bonds. The van der Waals surface area contributed by atoms with Crippen LogP contribution < -0.4 is 0 Å². The fourth-order valence-electron chi connectivity index (χ4n) is 0.413. The van der Waals surface area contributed by atoms with E-state index in [0.717, 1.165) is 0 Å². The summed E-state index contributed by atoms with van der Waals surface area (Å²) in [5.41, 5.74) is 0.0255. The average Bonchev–Trinajstić information content (AvgIpc) is 2.04. The van der Waals surface area contributed by atoms with E-state index in [1.807, 2.05) is 0 Å². The molecule has 0 bridgehead atoms. The molecule has 12 heavy (non-hydrogen) atoms. The molecule has 0 spiro atoms. The van der Waals surface area contributed by atoms with Gasteiger partial charge in [0.2, 0.25) is 0 Å². The zero-order chi connectivity index (χ0) is 9.56. The Labute approximate surface area is 75.6 Å². The molecule has 0 unspecified atom stereocenters. The second-order valence-electron chi connectivity index (χ2n) is 1.79. The van der Waals surface area contributed by atoms with Gasteiger partial charge in [-0.3, -0.25) is 4.99 Å². The molecule has 0 N–H and O–H groups in total. The molecule has 0 aromatic rings. The second-order valence-corrected chi connectivity index (χ2v) is 2.34. The molecule has 0 aliphatic rings. The fraction of sp³-hybridized carbons (Fsp3) is 0.286. The van der Waals surface area contributed by atoms with Crippen LogP contribution in [-0.2, 0) is 9.53 Å². The number of hydrogen-bond donors (Lipinski definition) is 0. The summed E-state index contributed by atoms with van der Waals surface area (Å²) >= 11 is 5.42. The second kappa shape index (κ2) is 5.49. The predicted molar refractivity (Wildman–Crippen MR) is 48.6 cm³/mol. The predicted octanol–water partition coefficient (Wildman–Crippen LogP) is 1.36. The zero-order valence-electron chi connectivity index (χ0n) is 6.87. The smallest absolute Gasteiger partial charge is 0.358 e. The summed E-state index contributed by atoms with van der Waals surface area (Å²) in [6.07, 6.45) is 1.20. The van der Waals surface area contributed by atoms with Crippen molar-refractivity contribution >= 4 is 29.5 Å². The standard InChI is InChI=1S/C7H9ClN2O2/c1-5(8)10-4-6(9-2)7(11)12-3/h4H,2H2,1,3H3/b6-4-,10-5+. The van der Waals surface area contributed by atoms with E-state index >= 15 is 0 Å². The van der Waals surface area contributed by atoms with E-state index in [1.54, 1.807) is 6.92 Å². The van der Waals surface area contributed by atoms with Crippen LogP contribution in [-0.4, -0.2) is 25.0 Å². The molecule has 4 nitrogen and oxygen atoms in total. The van der Waals surface area contributed by atoms with Crippen molar-refractivity contribution in [1.29, 1.82) is 0 Å². The molecular formula is C7H9ClN2O2. The van der Waals surface area contributed by atoms with Crippen molar-refractivity contribution in [3.8, 4) is 0 Å². The van der Waals surface area contributed by atoms with Gasteiger partial charge in [0.1, 0.15) is 5.17 Å². The molecule has 0 saturated carbocycles. The van der Waals surface area contributed by atoms with Crippen molar-refractivity contribution in [1.82, 2.24) is 0 Å². The summed E-state index contributed by atoms with van der Waals surface area (Å²) in [4.78, 5) is 17.9. The Morgan fingerprint density at radius 3 is 2.58 bits per heavy atom. The number of carbonyl (C=O) groups is 1. The molecule has 0 aromatic carbocycles. The number of halogens is 1. The molecule has 66 valence electrons. The van der Waals surface area contributed by atoms with Gasteiger partial charge >= 0.3 is 5.97 Å². The van der Waals surface area contributed by atoms with Gasteiger partial charge in [-0.2, -0.15) is 0 Å². The van der Waals surface area contributed by atoms with Gasteiger partial charge in [-0.05, 0) is 13.6 Å². The minimum atomic E-state index is -0.591. The molecule has 0 heterocycles. The Hall–Kier alpha value is -1.16. The minimum Gasteiger partial charge on any atom is -0.464 e. The molecule has 0 aliphatic carbocycles. The highest BCUT2D eigenvalue weighted by Gasteiger charge is 2.05. The number of ether oxygens (including phenoxy) is 1. The van der Waals surface area contributed by atoms with Crippen LogP contribution in [0.2, 0.25) is 0 Å². The number of aliphatic imine (C=N–C) groups is 2. The lowest BCUT2D eigenvalue weighted by atomic mass is 10.5. The first-order valence-electron chi connectivity index (χ1n) is 3.07. The van der Waals surface area contributed by atoms with Gasteiger partial charge in [0.15, 0.2) is 5.70 Å². The average molecular weight is 189 g/mol. The van der Waals surface area contributed by atoms with Gasteiger partial charge in [-0.1, -0.05) is 11.6 Å². The zero-order valence-corrected chi connectivity index (χ0v) is 7.63. The van der Waals surface area contributed by atoms with Crippen molar-refractivity contribution in [2.45, 2.75) is 6.92 Å². The van der Waals surface area contributed by atoms with Crippen LogP contribution in [0.3, 0.4) is 0 Å². The number of carbonyl (C=O) groups excluding carboxylic acids is 1. The van der Waals surface area contributed by atoms with Crippen LogP contribution in [0.25, 0.3) is 0 Å². The fourth-order valence-corrected chi connectivity index (χ4v) is 0.462. The Kier molecular flexibility index (Phi) is 4.96. The summed E-state index contributed by atoms with van der Waals surface area (Å²) in [5.74, 6) is -0.591. The lowest BCUT2D eigenvalue weighted by Crippen LogP contribution is -2.01. The van der Waals surface area contributed by atoms with Crippen molar-refractivity contribution in [3.63, 3.8) is 0 Å². The topological polar surface area (TPSA) is 51.0 Å². The number of rotatable bonds is 3. The van der Waals surface area contributed by atoms with Crippen LogP contribution in [0, 0.1) is 0 Å². The van der Waals surface area contributed by atoms with Gasteiger partial charge in [-0.25, -0.2) is 9.79 Å². The molecule has 0 fully saturated rings. The first-order valence-corrected chi connectivity index (χ1v) is 3.44. The Bertz CT molecular complexity index is 242. The van der Waals surface area contributed by atoms with Crippen LogP contribution in [0.5, 0.6) is 0 Å². The van der Waals surface area contributed by atoms with Crippen molar-refractivity contribution in [3.05, 3.63) is 11.9 Å². The maximum Gasteiger partial charge on any atom is 0.358 e. The van der Waals surface area contributed by atoms with E-state index < -0.39 is 5.97 Å². The van der Waals surface area contributed by atoms with E-state index in [9.17, 15) is 4.79 Å². The van der Waals surface area contributed by atoms with Gasteiger partial charge in [-0.15, -0.1) is 0 Å². The highest BCUT2D eigenvalue weighted by molar-refractivity contribution is 6.64. The summed E-state index contributed by atoms with van der Waals surface area (Å²) in [6.45, 7) is 4.76. The Balaban J connectivity index is 4.55. The highest BCUT2D eigenvalue weighted by atomic mass is 35.5. The first kappa shape index (κ1) is 10.8. The first-order chi connectivity index (χ1) is 5.61. The van der Waals surface area contributed by atoms with Crippen molar-refractivity contribution < 1.29 is 9.53 Å². The summed E-state index contributed by atoms with van der Waals surface area (Å²) in [6, 6.07) is 0. The van der Waals surface area contributed by atoms with E-state index in [2.05, 4.69) is 21.4 Å². The summed E-state index contributed by atoms with van der Waals surface area (Å²) < 4.78 is 4.38. The van der Waals surface area contributed by atoms with E-state index in [-0.39, 0.29) is 5.70 Å². The number of nitrogens with zero attached hydrogens (tertiary/aromatic N) is 2. The third-order valence-electron chi connectivity index (χ3n) is 0.930. The third kappa shape index (κ3) is 3.88. The van der Waals surface area contributed by atoms with Crippen molar-refractivity contribution in [2.75, 3.05) is 7.11 Å². The van der Waals surface area contributed by atoms with E-state index in [4.69, 9.17) is 11.6 Å². The Morgan fingerprint density at radius 1 is 1.67 bits per heavy atom. The van der Waals surface area contributed by atoms with Gasteiger partial charge in [0.25, 0.3) is 0 Å². The third-order valence-corrected chi connectivity index (χ3v) is 1.03. The Morgan fingerprint density at radius 2 is 2.25 bits per heavy atom. The van der Waals surface area contributed by atoms with Gasteiger partial charge in [0, 0.05) is 0 Å². The number of esters is 1. The lowest BCUT2D eigenvalue weighted by Gasteiger charge is -1.95. The molecule has 0 aliphatic heterocycles. The van der Waals surface area contributed by atoms with E-state index in [0.29, 0.717) is 5.17 Å². The van der Waals surface area contributed by atoms with Gasteiger partial charge < -0.3 is 4.74 Å². The molecular weight excluding hydrogens is 180 g/mol.